The van der Waals surface area contributed by atoms with E-state index >= 15 is 0 Å². The molecule has 1 aromatic carbocycles. The van der Waals surface area contributed by atoms with E-state index in [-0.39, 0.29) is 23.4 Å². The van der Waals surface area contributed by atoms with Gasteiger partial charge in [-0.2, -0.15) is 0 Å². The third-order valence-electron chi connectivity index (χ3n) is 3.30. The number of rotatable bonds is 7. The minimum atomic E-state index is -3.69. The van der Waals surface area contributed by atoms with Gasteiger partial charge >= 0.3 is 0 Å². The molecular formula is C14H21FN2O3S. The fourth-order valence-electron chi connectivity index (χ4n) is 1.91. The quantitative estimate of drug-likeness (QED) is 0.833. The number of halogens is 1. The molecule has 0 aliphatic rings. The first kappa shape index (κ1) is 17.6. The summed E-state index contributed by atoms with van der Waals surface area (Å²) >= 11 is 0. The number of carbonyl (C=O) groups excluding carboxylic acids is 1. The average Bonchev–Trinajstić information content (AvgIpc) is 2.43. The van der Waals surface area contributed by atoms with E-state index < -0.39 is 15.8 Å². The van der Waals surface area contributed by atoms with Crippen molar-refractivity contribution in [1.29, 1.82) is 0 Å². The Kier molecular flexibility index (Phi) is 6.29. The zero-order valence-electron chi connectivity index (χ0n) is 12.5. The molecule has 0 bridgehead atoms. The summed E-state index contributed by atoms with van der Waals surface area (Å²) < 4.78 is 39.2. The topological polar surface area (TPSA) is 66.5 Å². The van der Waals surface area contributed by atoms with Gasteiger partial charge in [-0.25, -0.2) is 17.5 Å². The van der Waals surface area contributed by atoms with E-state index in [0.29, 0.717) is 6.54 Å². The van der Waals surface area contributed by atoms with Gasteiger partial charge in [-0.05, 0) is 37.6 Å². The Hall–Kier alpha value is -1.47. The Morgan fingerprint density at radius 2 is 1.90 bits per heavy atom. The van der Waals surface area contributed by atoms with E-state index in [2.05, 4.69) is 4.72 Å². The van der Waals surface area contributed by atoms with Crippen molar-refractivity contribution in [3.63, 3.8) is 0 Å². The molecule has 0 radical (unpaired) electrons. The van der Waals surface area contributed by atoms with Gasteiger partial charge in [0.25, 0.3) is 0 Å². The molecule has 0 spiro atoms. The van der Waals surface area contributed by atoms with Gasteiger partial charge in [0.2, 0.25) is 15.9 Å². The Morgan fingerprint density at radius 3 is 2.38 bits per heavy atom. The lowest BCUT2D eigenvalue weighted by Gasteiger charge is -2.27. The monoisotopic (exact) mass is 316 g/mol. The van der Waals surface area contributed by atoms with Gasteiger partial charge in [-0.15, -0.1) is 0 Å². The van der Waals surface area contributed by atoms with E-state index in [1.54, 1.807) is 4.90 Å². The summed E-state index contributed by atoms with van der Waals surface area (Å²) in [7, 11) is -3.69. The third kappa shape index (κ3) is 5.09. The average molecular weight is 316 g/mol. The molecule has 1 N–H and O–H groups in total. The largest absolute Gasteiger partial charge is 0.339 e. The van der Waals surface area contributed by atoms with Crippen LogP contribution in [0.1, 0.15) is 27.2 Å². The lowest BCUT2D eigenvalue weighted by molar-refractivity contribution is -0.130. The van der Waals surface area contributed by atoms with Crippen LogP contribution in [0.15, 0.2) is 29.2 Å². The molecule has 118 valence electrons. The summed E-state index contributed by atoms with van der Waals surface area (Å²) in [4.78, 5) is 13.1. The van der Waals surface area contributed by atoms with Crippen molar-refractivity contribution in [1.82, 2.24) is 9.62 Å². The van der Waals surface area contributed by atoms with Gasteiger partial charge in [0.15, 0.2) is 0 Å². The number of carbonyl (C=O) groups is 1. The fourth-order valence-corrected chi connectivity index (χ4v) is 2.93. The number of nitrogens with one attached hydrogen (secondary N) is 1. The predicted molar refractivity (Wildman–Crippen MR) is 78.7 cm³/mol. The zero-order valence-corrected chi connectivity index (χ0v) is 13.3. The Labute approximate surface area is 125 Å². The lowest BCUT2D eigenvalue weighted by Crippen LogP contribution is -2.42. The highest BCUT2D eigenvalue weighted by Crippen LogP contribution is 2.09. The summed E-state index contributed by atoms with van der Waals surface area (Å²) in [5, 5.41) is 0. The van der Waals surface area contributed by atoms with Gasteiger partial charge in [0.05, 0.1) is 4.90 Å². The van der Waals surface area contributed by atoms with Crippen molar-refractivity contribution >= 4 is 15.9 Å². The summed E-state index contributed by atoms with van der Waals surface area (Å²) in [6.07, 6.45) is 0.796. The van der Waals surface area contributed by atoms with Gasteiger partial charge < -0.3 is 4.90 Å². The molecule has 0 heterocycles. The molecule has 21 heavy (non-hydrogen) atoms. The number of benzene rings is 1. The van der Waals surface area contributed by atoms with Crippen LogP contribution in [0, 0.1) is 5.82 Å². The van der Waals surface area contributed by atoms with Crippen LogP contribution in [0.4, 0.5) is 4.39 Å². The maximum Gasteiger partial charge on any atom is 0.240 e. The smallest absolute Gasteiger partial charge is 0.240 e. The van der Waals surface area contributed by atoms with Crippen molar-refractivity contribution in [2.45, 2.75) is 38.1 Å². The fraction of sp³-hybridized carbons (Fsp3) is 0.500. The lowest BCUT2D eigenvalue weighted by atomic mass is 10.2. The maximum absolute atomic E-state index is 12.8. The molecule has 1 unspecified atom stereocenters. The number of hydrogen-bond acceptors (Lipinski definition) is 3. The van der Waals surface area contributed by atoms with Gasteiger partial charge in [0.1, 0.15) is 5.82 Å². The first-order valence-electron chi connectivity index (χ1n) is 6.80. The summed E-state index contributed by atoms with van der Waals surface area (Å²) in [6, 6.07) is 4.65. The molecule has 1 amide bonds. The molecule has 5 nitrogen and oxygen atoms in total. The van der Waals surface area contributed by atoms with Crippen molar-refractivity contribution in [3.05, 3.63) is 30.1 Å². The van der Waals surface area contributed by atoms with Crippen LogP contribution in [0.2, 0.25) is 0 Å². The summed E-state index contributed by atoms with van der Waals surface area (Å²) in [5.74, 6) is -0.584. The second-order valence-electron chi connectivity index (χ2n) is 4.82. The van der Waals surface area contributed by atoms with E-state index in [4.69, 9.17) is 0 Å². The molecule has 1 atom stereocenters. The molecule has 0 saturated heterocycles. The molecular weight excluding hydrogens is 295 g/mol. The van der Waals surface area contributed by atoms with Crippen molar-refractivity contribution in [2.24, 2.45) is 0 Å². The molecule has 0 aliphatic carbocycles. The van der Waals surface area contributed by atoms with Gasteiger partial charge in [0, 0.05) is 26.1 Å². The maximum atomic E-state index is 12.8. The van der Waals surface area contributed by atoms with E-state index in [9.17, 15) is 17.6 Å². The first-order valence-corrected chi connectivity index (χ1v) is 8.28. The van der Waals surface area contributed by atoms with Gasteiger partial charge in [-0.3, -0.25) is 4.79 Å². The zero-order chi connectivity index (χ0) is 16.0. The minimum absolute atomic E-state index is 0.00168. The van der Waals surface area contributed by atoms with Crippen molar-refractivity contribution < 1.29 is 17.6 Å². The van der Waals surface area contributed by atoms with Crippen LogP contribution >= 0.6 is 0 Å². The van der Waals surface area contributed by atoms with Crippen LogP contribution in [-0.2, 0) is 14.8 Å². The first-order chi connectivity index (χ1) is 9.77. The molecule has 0 fully saturated rings. The molecule has 1 aromatic rings. The highest BCUT2D eigenvalue weighted by atomic mass is 32.2. The second-order valence-corrected chi connectivity index (χ2v) is 6.59. The second kappa shape index (κ2) is 7.51. The van der Waals surface area contributed by atoms with E-state index in [0.717, 1.165) is 18.6 Å². The highest BCUT2D eigenvalue weighted by Gasteiger charge is 2.17. The normalized spacial score (nSPS) is 13.0. The summed E-state index contributed by atoms with van der Waals surface area (Å²) in [5.41, 5.74) is 0. The summed E-state index contributed by atoms with van der Waals surface area (Å²) in [6.45, 7) is 5.74. The van der Waals surface area contributed by atoms with Gasteiger partial charge in [-0.1, -0.05) is 6.92 Å². The van der Waals surface area contributed by atoms with Crippen molar-refractivity contribution in [3.8, 4) is 0 Å². The van der Waals surface area contributed by atoms with Crippen LogP contribution in [-0.4, -0.2) is 38.4 Å². The van der Waals surface area contributed by atoms with E-state index in [1.807, 2.05) is 13.8 Å². The highest BCUT2D eigenvalue weighted by molar-refractivity contribution is 7.89. The van der Waals surface area contributed by atoms with Crippen LogP contribution in [0.3, 0.4) is 0 Å². The molecule has 7 heteroatoms. The van der Waals surface area contributed by atoms with Crippen molar-refractivity contribution in [2.75, 3.05) is 13.1 Å². The number of amides is 1. The van der Waals surface area contributed by atoms with Crippen LogP contribution in [0.5, 0.6) is 0 Å². The SMILES string of the molecule is CCC(C)N(CCNS(=O)(=O)c1ccc(F)cc1)C(C)=O. The van der Waals surface area contributed by atoms with E-state index in [1.165, 1.54) is 19.1 Å². The Morgan fingerprint density at radius 1 is 1.33 bits per heavy atom. The number of hydrogen-bond donors (Lipinski definition) is 1. The Bertz CT molecular complexity index is 572. The molecule has 0 saturated carbocycles. The Balaban J connectivity index is 2.65. The predicted octanol–water partition coefficient (Wildman–Crippen LogP) is 1.75. The standard InChI is InChI=1S/C14H21FN2O3S/c1-4-11(2)17(12(3)18)10-9-16-21(19,20)14-7-5-13(15)6-8-14/h5-8,11,16H,4,9-10H2,1-3H3. The number of nitrogens with zero attached hydrogens (tertiary/aromatic N) is 1. The van der Waals surface area contributed by atoms with Crippen LogP contribution < -0.4 is 4.72 Å². The molecule has 0 aromatic heterocycles. The number of sulfonamides is 1. The molecule has 0 aliphatic heterocycles. The molecule has 1 rings (SSSR count). The minimum Gasteiger partial charge on any atom is -0.339 e. The third-order valence-corrected chi connectivity index (χ3v) is 4.77. The van der Waals surface area contributed by atoms with Crippen LogP contribution in [0.25, 0.3) is 0 Å².